The van der Waals surface area contributed by atoms with E-state index in [1.165, 1.54) is 10.1 Å². The molecule has 0 aliphatic rings. The molecule has 0 spiro atoms. The highest BCUT2D eigenvalue weighted by atomic mass is 16.5. The summed E-state index contributed by atoms with van der Waals surface area (Å²) in [5.74, 6) is 0. The van der Waals surface area contributed by atoms with E-state index in [4.69, 9.17) is 5.21 Å². The van der Waals surface area contributed by atoms with Gasteiger partial charge in [0.15, 0.2) is 0 Å². The van der Waals surface area contributed by atoms with Gasteiger partial charge in [0.1, 0.15) is 0 Å². The Kier molecular flexibility index (Phi) is 7.72. The van der Waals surface area contributed by atoms with E-state index in [0.29, 0.717) is 5.70 Å². The second-order valence-corrected chi connectivity index (χ2v) is 4.70. The Morgan fingerprint density at radius 2 is 1.77 bits per heavy atom. The average molecular weight is 300 g/mol. The van der Waals surface area contributed by atoms with Crippen LogP contribution in [0.25, 0.3) is 0 Å². The third-order valence-corrected chi connectivity index (χ3v) is 3.12. The van der Waals surface area contributed by atoms with Crippen LogP contribution in [0.15, 0.2) is 65.7 Å². The number of nitrogens with zero attached hydrogens (tertiary/aromatic N) is 1. The topological polar surface area (TPSA) is 54.3 Å². The number of nitrogens with one attached hydrogen (secondary N) is 1. The molecule has 2 rings (SSSR count). The Morgan fingerprint density at radius 3 is 2.36 bits per heavy atom. The minimum absolute atomic E-state index is 0.0908. The molecule has 4 heteroatoms. The Morgan fingerprint density at radius 1 is 1.14 bits per heavy atom. The molecule has 1 aromatic heterocycles. The van der Waals surface area contributed by atoms with Gasteiger partial charge in [0.05, 0.1) is 12.2 Å². The molecule has 0 fully saturated rings. The first-order chi connectivity index (χ1) is 10.7. The van der Waals surface area contributed by atoms with Gasteiger partial charge in [0.2, 0.25) is 0 Å². The van der Waals surface area contributed by atoms with Crippen molar-refractivity contribution in [3.05, 3.63) is 82.4 Å². The lowest BCUT2D eigenvalue weighted by molar-refractivity contribution is 0.194. The fourth-order valence-corrected chi connectivity index (χ4v) is 2.01. The zero-order valence-corrected chi connectivity index (χ0v) is 13.2. The number of hydrogen-bond donors (Lipinski definition) is 2. The maximum absolute atomic E-state index is 11.9. The first-order valence-corrected chi connectivity index (χ1v) is 7.50. The number of hydrogen-bond acceptors (Lipinski definition) is 3. The van der Waals surface area contributed by atoms with Crippen LogP contribution in [0.4, 0.5) is 0 Å². The summed E-state index contributed by atoms with van der Waals surface area (Å²) >= 11 is 0. The second-order valence-electron chi connectivity index (χ2n) is 4.70. The van der Waals surface area contributed by atoms with Crippen molar-refractivity contribution in [2.45, 2.75) is 33.2 Å². The molecule has 0 aliphatic heterocycles. The summed E-state index contributed by atoms with van der Waals surface area (Å²) < 4.78 is 1.50. The minimum atomic E-state index is -0.0908. The monoisotopic (exact) mass is 300 g/mol. The molecule has 0 unspecified atom stereocenters. The number of aryl methyl sites for hydroxylation is 2. The van der Waals surface area contributed by atoms with Gasteiger partial charge < -0.3 is 4.57 Å². The molecule has 4 nitrogen and oxygen atoms in total. The van der Waals surface area contributed by atoms with Gasteiger partial charge in [-0.25, -0.2) is 0 Å². The van der Waals surface area contributed by atoms with Gasteiger partial charge in [0, 0.05) is 12.3 Å². The van der Waals surface area contributed by atoms with E-state index in [2.05, 4.69) is 18.7 Å². The summed E-state index contributed by atoms with van der Waals surface area (Å²) in [6.45, 7) is 7.85. The first kappa shape index (κ1) is 17.7. The SMILES string of the molecule is C=C(Cn1ccc(CCc2ccccc2)cc1=O)NO.CC. The first-order valence-electron chi connectivity index (χ1n) is 7.50. The summed E-state index contributed by atoms with van der Waals surface area (Å²) in [6.07, 6.45) is 3.47. The molecule has 1 heterocycles. The van der Waals surface area contributed by atoms with Gasteiger partial charge in [-0.05, 0) is 30.0 Å². The van der Waals surface area contributed by atoms with Crippen molar-refractivity contribution < 1.29 is 5.21 Å². The Labute approximate surface area is 131 Å². The van der Waals surface area contributed by atoms with Gasteiger partial charge in [-0.1, -0.05) is 50.8 Å². The maximum atomic E-state index is 11.9. The number of rotatable bonds is 6. The van der Waals surface area contributed by atoms with Crippen LogP contribution in [0.5, 0.6) is 0 Å². The highest BCUT2D eigenvalue weighted by Gasteiger charge is 2.01. The van der Waals surface area contributed by atoms with Crippen LogP contribution in [0, 0.1) is 0 Å². The van der Waals surface area contributed by atoms with Gasteiger partial charge in [0.25, 0.3) is 5.56 Å². The molecule has 0 bridgehead atoms. The van der Waals surface area contributed by atoms with Crippen molar-refractivity contribution >= 4 is 0 Å². The molecular formula is C18H24N2O2. The largest absolute Gasteiger partial charge is 0.310 e. The molecule has 2 aromatic rings. The molecule has 0 amide bonds. The van der Waals surface area contributed by atoms with Gasteiger partial charge in [-0.2, -0.15) is 0 Å². The van der Waals surface area contributed by atoms with E-state index in [9.17, 15) is 4.79 Å². The average Bonchev–Trinajstić information content (AvgIpc) is 2.58. The molecule has 2 N–H and O–H groups in total. The fourth-order valence-electron chi connectivity index (χ4n) is 2.01. The Bertz CT molecular complexity index is 633. The predicted octanol–water partition coefficient (Wildman–Crippen LogP) is 3.15. The molecular weight excluding hydrogens is 276 g/mol. The number of aromatic nitrogens is 1. The smallest absolute Gasteiger partial charge is 0.251 e. The third kappa shape index (κ3) is 5.58. The molecule has 0 saturated carbocycles. The van der Waals surface area contributed by atoms with E-state index in [-0.39, 0.29) is 12.1 Å². The second kappa shape index (κ2) is 9.58. The Balaban J connectivity index is 0.00000116. The van der Waals surface area contributed by atoms with Crippen molar-refractivity contribution in [3.8, 4) is 0 Å². The van der Waals surface area contributed by atoms with E-state index < -0.39 is 0 Å². The van der Waals surface area contributed by atoms with Crippen LogP contribution >= 0.6 is 0 Å². The van der Waals surface area contributed by atoms with Crippen LogP contribution < -0.4 is 11.0 Å². The number of pyridine rings is 1. The van der Waals surface area contributed by atoms with E-state index in [1.807, 2.05) is 43.6 Å². The van der Waals surface area contributed by atoms with Crippen LogP contribution in [0.1, 0.15) is 25.0 Å². The fraction of sp³-hybridized carbons (Fsp3) is 0.278. The summed E-state index contributed by atoms with van der Waals surface area (Å²) in [5.41, 5.74) is 4.51. The lowest BCUT2D eigenvalue weighted by Gasteiger charge is -2.08. The molecule has 0 radical (unpaired) electrons. The molecule has 0 saturated heterocycles. The van der Waals surface area contributed by atoms with E-state index in [1.54, 1.807) is 12.3 Å². The predicted molar refractivity (Wildman–Crippen MR) is 90.0 cm³/mol. The summed E-state index contributed by atoms with van der Waals surface area (Å²) in [4.78, 5) is 11.9. The van der Waals surface area contributed by atoms with Crippen molar-refractivity contribution in [1.82, 2.24) is 10.0 Å². The highest BCUT2D eigenvalue weighted by molar-refractivity contribution is 5.18. The van der Waals surface area contributed by atoms with Crippen LogP contribution in [0.2, 0.25) is 0 Å². The van der Waals surface area contributed by atoms with E-state index in [0.717, 1.165) is 18.4 Å². The number of hydroxylamine groups is 1. The molecule has 1 aromatic carbocycles. The molecule has 0 aliphatic carbocycles. The van der Waals surface area contributed by atoms with E-state index >= 15 is 0 Å². The lowest BCUT2D eigenvalue weighted by atomic mass is 10.1. The normalized spacial score (nSPS) is 9.59. The van der Waals surface area contributed by atoms with Crippen molar-refractivity contribution in [2.75, 3.05) is 0 Å². The van der Waals surface area contributed by atoms with Crippen LogP contribution in [-0.2, 0) is 19.4 Å². The quantitative estimate of drug-likeness (QED) is 0.806. The zero-order valence-electron chi connectivity index (χ0n) is 13.2. The number of benzene rings is 1. The van der Waals surface area contributed by atoms with Crippen LogP contribution in [-0.4, -0.2) is 9.77 Å². The molecule has 0 atom stereocenters. The van der Waals surface area contributed by atoms with Crippen molar-refractivity contribution in [3.63, 3.8) is 0 Å². The summed E-state index contributed by atoms with van der Waals surface area (Å²) in [7, 11) is 0. The third-order valence-electron chi connectivity index (χ3n) is 3.12. The highest BCUT2D eigenvalue weighted by Crippen LogP contribution is 2.05. The van der Waals surface area contributed by atoms with Gasteiger partial charge in [-0.15, -0.1) is 0 Å². The van der Waals surface area contributed by atoms with Crippen molar-refractivity contribution in [1.29, 1.82) is 0 Å². The summed E-state index contributed by atoms with van der Waals surface area (Å²) in [5, 5.41) is 8.69. The molecule has 118 valence electrons. The zero-order chi connectivity index (χ0) is 16.4. The van der Waals surface area contributed by atoms with Crippen molar-refractivity contribution in [2.24, 2.45) is 0 Å². The maximum Gasteiger partial charge on any atom is 0.251 e. The minimum Gasteiger partial charge on any atom is -0.310 e. The Hall–Kier alpha value is -2.33. The molecule has 22 heavy (non-hydrogen) atoms. The standard InChI is InChI=1S/C16H18N2O2.C2H6/c1-13(17-20)12-18-10-9-15(11-16(18)19)8-7-14-5-3-2-4-6-14;1-2/h2-6,9-11,17,20H,1,7-8,12H2;1-2H3. The summed E-state index contributed by atoms with van der Waals surface area (Å²) in [6, 6.07) is 13.7. The van der Waals surface area contributed by atoms with Crippen LogP contribution in [0.3, 0.4) is 0 Å². The lowest BCUT2D eigenvalue weighted by Crippen LogP contribution is -2.23. The van der Waals surface area contributed by atoms with Gasteiger partial charge >= 0.3 is 0 Å². The van der Waals surface area contributed by atoms with Gasteiger partial charge in [-0.3, -0.25) is 15.5 Å². The number of allylic oxidation sites excluding steroid dienone is 1.